The Bertz CT molecular complexity index is 894. The average molecular weight is 453 g/mol. The molecule has 0 saturated heterocycles. The fourth-order valence-electron chi connectivity index (χ4n) is 3.72. The second kappa shape index (κ2) is 15.2. The number of aryl methyl sites for hydroxylation is 2. The third-order valence-corrected chi connectivity index (χ3v) is 5.31. The molecule has 0 aromatic carbocycles. The fraction of sp³-hybridized carbons (Fsp3) is 0.519. The van der Waals surface area contributed by atoms with Gasteiger partial charge >= 0.3 is 0 Å². The second-order valence-corrected chi connectivity index (χ2v) is 8.37. The lowest BCUT2D eigenvalue weighted by atomic mass is 9.97. The predicted octanol–water partition coefficient (Wildman–Crippen LogP) is 5.16. The molecular formula is C27H40N4O2. The van der Waals surface area contributed by atoms with Gasteiger partial charge in [-0.3, -0.25) is 19.5 Å². The Labute approximate surface area is 199 Å². The van der Waals surface area contributed by atoms with Gasteiger partial charge in [0.2, 0.25) is 0 Å². The Balaban J connectivity index is 0.000000420. The summed E-state index contributed by atoms with van der Waals surface area (Å²) >= 11 is 0. The maximum Gasteiger partial charge on any atom is 0.150 e. The van der Waals surface area contributed by atoms with Crippen molar-refractivity contribution in [3.05, 3.63) is 58.4 Å². The molecule has 0 spiro atoms. The van der Waals surface area contributed by atoms with Crippen LogP contribution in [0.3, 0.4) is 0 Å². The van der Waals surface area contributed by atoms with Crippen LogP contribution < -0.4 is 0 Å². The second-order valence-electron chi connectivity index (χ2n) is 8.37. The lowest BCUT2D eigenvalue weighted by molar-refractivity contribution is -0.118. The van der Waals surface area contributed by atoms with Gasteiger partial charge in [-0.2, -0.15) is 0 Å². The molecule has 0 atom stereocenters. The molecule has 2 aromatic rings. The van der Waals surface area contributed by atoms with Crippen LogP contribution in [0.5, 0.6) is 0 Å². The van der Waals surface area contributed by atoms with Gasteiger partial charge in [0.1, 0.15) is 11.6 Å². The summed E-state index contributed by atoms with van der Waals surface area (Å²) in [5, 5.41) is 0. The van der Waals surface area contributed by atoms with E-state index >= 15 is 0 Å². The van der Waals surface area contributed by atoms with Crippen LogP contribution in [0.1, 0.15) is 82.2 Å². The van der Waals surface area contributed by atoms with Crippen LogP contribution in [0.25, 0.3) is 5.57 Å². The minimum Gasteiger partial charge on any atom is -0.299 e. The molecule has 180 valence electrons. The number of carbonyl (C=O) groups excluding carboxylic acids is 2. The van der Waals surface area contributed by atoms with E-state index < -0.39 is 0 Å². The molecule has 0 saturated carbocycles. The van der Waals surface area contributed by atoms with Gasteiger partial charge in [-0.15, -0.1) is 0 Å². The molecule has 2 heterocycles. The van der Waals surface area contributed by atoms with Gasteiger partial charge in [0.25, 0.3) is 0 Å². The van der Waals surface area contributed by atoms with Gasteiger partial charge in [0.15, 0.2) is 6.29 Å². The maximum absolute atomic E-state index is 11.5. The van der Waals surface area contributed by atoms with Gasteiger partial charge in [-0.05, 0) is 71.7 Å². The number of Topliss-reactive ketones (excluding diaryl/α,β-unsaturated/α-hetero) is 1. The van der Waals surface area contributed by atoms with Crippen molar-refractivity contribution in [3.8, 4) is 0 Å². The smallest absolute Gasteiger partial charge is 0.150 e. The van der Waals surface area contributed by atoms with Crippen molar-refractivity contribution < 1.29 is 9.59 Å². The van der Waals surface area contributed by atoms with Gasteiger partial charge in [-0.1, -0.05) is 32.4 Å². The van der Waals surface area contributed by atoms with Crippen molar-refractivity contribution in [2.45, 2.75) is 74.1 Å². The van der Waals surface area contributed by atoms with E-state index in [9.17, 15) is 9.59 Å². The number of pyridine rings is 1. The number of rotatable bonds is 11. The molecule has 0 radical (unpaired) electrons. The van der Waals surface area contributed by atoms with Crippen LogP contribution in [0.4, 0.5) is 0 Å². The van der Waals surface area contributed by atoms with Crippen LogP contribution in [-0.2, 0) is 16.0 Å². The third-order valence-electron chi connectivity index (χ3n) is 5.31. The van der Waals surface area contributed by atoms with E-state index in [0.717, 1.165) is 72.6 Å². The zero-order valence-corrected chi connectivity index (χ0v) is 21.4. The number of aldehydes is 1. The Morgan fingerprint density at radius 3 is 2.06 bits per heavy atom. The minimum absolute atomic E-state index is 0.270. The molecule has 0 bridgehead atoms. The summed E-state index contributed by atoms with van der Waals surface area (Å²) < 4.78 is 0. The number of hydrogen-bond donors (Lipinski definition) is 0. The first-order valence-electron chi connectivity index (χ1n) is 11.9. The summed E-state index contributed by atoms with van der Waals surface area (Å²) in [5.74, 6) is 1.03. The Kier molecular flexibility index (Phi) is 13.0. The first kappa shape index (κ1) is 28.3. The standard InChI is InChI=1S/C18H21N3O.C9H19NO/c1-5-12(2)16(11-22)18-13(3)20-17(21-14(18)4)9-15-7-6-8-19-10-15;1-4-6-10(7-5-2)8-9(3)11/h6-8,10-11H,5,9H2,1-4H3;4-8H2,1-3H3/b16-12+;. The summed E-state index contributed by atoms with van der Waals surface area (Å²) in [4.78, 5) is 37.7. The molecule has 2 aromatic heterocycles. The van der Waals surface area contributed by atoms with Crippen LogP contribution >= 0.6 is 0 Å². The normalized spacial score (nSPS) is 11.5. The Morgan fingerprint density at radius 1 is 1.03 bits per heavy atom. The number of hydrogen-bond acceptors (Lipinski definition) is 6. The molecule has 2 rings (SSSR count). The molecule has 0 unspecified atom stereocenters. The van der Waals surface area contributed by atoms with E-state index in [1.165, 1.54) is 0 Å². The predicted molar refractivity (Wildman–Crippen MR) is 135 cm³/mol. The van der Waals surface area contributed by atoms with Crippen molar-refractivity contribution in [1.29, 1.82) is 0 Å². The number of aromatic nitrogens is 3. The summed E-state index contributed by atoms with van der Waals surface area (Å²) in [6, 6.07) is 3.91. The number of ketones is 1. The van der Waals surface area contributed by atoms with E-state index in [-0.39, 0.29) is 5.78 Å². The summed E-state index contributed by atoms with van der Waals surface area (Å²) in [5.41, 5.74) is 5.41. The zero-order chi connectivity index (χ0) is 24.8. The molecular weight excluding hydrogens is 412 g/mol. The van der Waals surface area contributed by atoms with Gasteiger partial charge < -0.3 is 0 Å². The van der Waals surface area contributed by atoms with E-state index in [4.69, 9.17) is 0 Å². The van der Waals surface area contributed by atoms with Crippen molar-refractivity contribution in [1.82, 2.24) is 19.9 Å². The van der Waals surface area contributed by atoms with E-state index in [1.807, 2.05) is 46.0 Å². The lowest BCUT2D eigenvalue weighted by Gasteiger charge is -2.18. The summed E-state index contributed by atoms with van der Waals surface area (Å²) in [6.07, 6.45) is 8.23. The van der Waals surface area contributed by atoms with Crippen LogP contribution in [0.2, 0.25) is 0 Å². The first-order valence-corrected chi connectivity index (χ1v) is 11.9. The highest BCUT2D eigenvalue weighted by molar-refractivity contribution is 6.08. The maximum atomic E-state index is 11.5. The molecule has 0 amide bonds. The number of allylic oxidation sites excluding steroid dienone is 2. The lowest BCUT2D eigenvalue weighted by Crippen LogP contribution is -2.30. The summed E-state index contributed by atoms with van der Waals surface area (Å²) in [7, 11) is 0. The molecule has 0 fully saturated rings. The molecule has 6 heteroatoms. The SMILES string of the molecule is CC/C(C)=C(\C=O)c1c(C)nc(Cc2cccnc2)nc1C.CCCN(CCC)CC(C)=O. The van der Waals surface area contributed by atoms with Gasteiger partial charge in [0, 0.05) is 41.3 Å². The topological polar surface area (TPSA) is 76.1 Å². The van der Waals surface area contributed by atoms with Crippen molar-refractivity contribution in [2.75, 3.05) is 19.6 Å². The average Bonchev–Trinajstić information content (AvgIpc) is 2.77. The quantitative estimate of drug-likeness (QED) is 0.346. The van der Waals surface area contributed by atoms with Crippen molar-refractivity contribution in [2.24, 2.45) is 0 Å². The monoisotopic (exact) mass is 452 g/mol. The summed E-state index contributed by atoms with van der Waals surface area (Å²) in [6.45, 7) is 16.5. The molecule has 0 aliphatic rings. The number of nitrogens with zero attached hydrogens (tertiary/aromatic N) is 4. The van der Waals surface area contributed by atoms with Gasteiger partial charge in [0.05, 0.1) is 6.54 Å². The third kappa shape index (κ3) is 9.74. The van der Waals surface area contributed by atoms with Gasteiger partial charge in [-0.25, -0.2) is 9.97 Å². The van der Waals surface area contributed by atoms with Crippen molar-refractivity contribution in [3.63, 3.8) is 0 Å². The van der Waals surface area contributed by atoms with E-state index in [2.05, 4.69) is 33.7 Å². The van der Waals surface area contributed by atoms with E-state index in [1.54, 1.807) is 13.1 Å². The van der Waals surface area contributed by atoms with Crippen molar-refractivity contribution >= 4 is 17.6 Å². The fourth-order valence-corrected chi connectivity index (χ4v) is 3.72. The largest absolute Gasteiger partial charge is 0.299 e. The Morgan fingerprint density at radius 2 is 1.64 bits per heavy atom. The molecule has 6 nitrogen and oxygen atoms in total. The zero-order valence-electron chi connectivity index (χ0n) is 21.4. The molecule has 0 aliphatic carbocycles. The highest BCUT2D eigenvalue weighted by atomic mass is 16.1. The van der Waals surface area contributed by atoms with Crippen LogP contribution in [-0.4, -0.2) is 51.6 Å². The highest BCUT2D eigenvalue weighted by Crippen LogP contribution is 2.24. The highest BCUT2D eigenvalue weighted by Gasteiger charge is 2.14. The van der Waals surface area contributed by atoms with E-state index in [0.29, 0.717) is 18.5 Å². The Hall–Kier alpha value is -2.73. The minimum atomic E-state index is 0.270. The first-order chi connectivity index (χ1) is 15.8. The molecule has 33 heavy (non-hydrogen) atoms. The van der Waals surface area contributed by atoms with Crippen LogP contribution in [0, 0.1) is 13.8 Å². The number of carbonyl (C=O) groups is 2. The molecule has 0 N–H and O–H groups in total. The van der Waals surface area contributed by atoms with Crippen LogP contribution in [0.15, 0.2) is 30.1 Å². The molecule has 0 aliphatic heterocycles.